The molecule has 8 heteroatoms. The van der Waals surface area contributed by atoms with Gasteiger partial charge in [-0.2, -0.15) is 0 Å². The molecule has 1 fully saturated rings. The van der Waals surface area contributed by atoms with Crippen molar-refractivity contribution in [3.05, 3.63) is 42.0 Å². The molecule has 1 aromatic carbocycles. The van der Waals surface area contributed by atoms with Crippen molar-refractivity contribution in [2.45, 2.75) is 19.3 Å². The maximum absolute atomic E-state index is 12.9. The molecule has 0 aliphatic carbocycles. The van der Waals surface area contributed by atoms with Gasteiger partial charge in [0.15, 0.2) is 0 Å². The fraction of sp³-hybridized carbons (Fsp3) is 0.476. The average molecular weight is 400 g/mol. The quantitative estimate of drug-likeness (QED) is 0.503. The number of piperidine rings is 1. The second-order valence-corrected chi connectivity index (χ2v) is 7.28. The lowest BCUT2D eigenvalue weighted by atomic mass is 9.75. The van der Waals surface area contributed by atoms with Gasteiger partial charge in [0.2, 0.25) is 11.8 Å². The van der Waals surface area contributed by atoms with Crippen LogP contribution in [0.5, 0.6) is 5.75 Å². The molecule has 156 valence electrons. The molecule has 1 spiro atoms. The van der Waals surface area contributed by atoms with Crippen molar-refractivity contribution in [2.75, 3.05) is 39.3 Å². The molecule has 1 saturated heterocycles. The molecule has 2 aliphatic heterocycles. The van der Waals surface area contributed by atoms with Crippen molar-refractivity contribution < 1.29 is 19.1 Å². The van der Waals surface area contributed by atoms with Gasteiger partial charge in [-0.25, -0.2) is 0 Å². The first-order valence-electron chi connectivity index (χ1n) is 10.0. The first-order chi connectivity index (χ1) is 14.1. The van der Waals surface area contributed by atoms with Gasteiger partial charge in [-0.05, 0) is 50.6 Å². The van der Waals surface area contributed by atoms with Crippen LogP contribution in [0.2, 0.25) is 0 Å². The van der Waals surface area contributed by atoms with Crippen molar-refractivity contribution in [3.63, 3.8) is 0 Å². The minimum Gasteiger partial charge on any atom is -0.491 e. The summed E-state index contributed by atoms with van der Waals surface area (Å²) in [4.78, 5) is 37.4. The van der Waals surface area contributed by atoms with Gasteiger partial charge in [0.05, 0.1) is 17.5 Å². The summed E-state index contributed by atoms with van der Waals surface area (Å²) in [6.45, 7) is 2.75. The minimum atomic E-state index is -0.532. The van der Waals surface area contributed by atoms with Crippen LogP contribution in [0.25, 0.3) is 0 Å². The first-order valence-corrected chi connectivity index (χ1v) is 10.0. The number of carbonyl (C=O) groups excluding carboxylic acids is 3. The zero-order valence-corrected chi connectivity index (χ0v) is 16.5. The number of carbonyl (C=O) groups is 3. The normalized spacial score (nSPS) is 22.3. The van der Waals surface area contributed by atoms with E-state index in [1.807, 2.05) is 0 Å². The number of amides is 3. The number of hydrogen-bond donors (Lipinski definition) is 4. The van der Waals surface area contributed by atoms with Crippen LogP contribution >= 0.6 is 0 Å². The lowest BCUT2D eigenvalue weighted by Gasteiger charge is -2.35. The van der Waals surface area contributed by atoms with E-state index in [1.165, 1.54) is 6.08 Å². The highest BCUT2D eigenvalue weighted by Crippen LogP contribution is 2.33. The van der Waals surface area contributed by atoms with Crippen LogP contribution in [0.15, 0.2) is 36.4 Å². The number of hydrogen-bond acceptors (Lipinski definition) is 5. The Morgan fingerprint density at radius 1 is 0.862 bits per heavy atom. The highest BCUT2D eigenvalue weighted by Gasteiger charge is 2.38. The summed E-state index contributed by atoms with van der Waals surface area (Å²) < 4.78 is 5.66. The van der Waals surface area contributed by atoms with Crippen LogP contribution in [-0.2, 0) is 9.59 Å². The monoisotopic (exact) mass is 400 g/mol. The van der Waals surface area contributed by atoms with Gasteiger partial charge in [-0.3, -0.25) is 14.4 Å². The van der Waals surface area contributed by atoms with Crippen LogP contribution in [0.3, 0.4) is 0 Å². The van der Waals surface area contributed by atoms with E-state index in [9.17, 15) is 14.4 Å². The number of fused-ring (bicyclic) bond motifs is 1. The van der Waals surface area contributed by atoms with Crippen molar-refractivity contribution in [2.24, 2.45) is 5.41 Å². The summed E-state index contributed by atoms with van der Waals surface area (Å²) >= 11 is 0. The summed E-state index contributed by atoms with van der Waals surface area (Å²) in [5.74, 6) is -0.0713. The van der Waals surface area contributed by atoms with Gasteiger partial charge in [-0.1, -0.05) is 18.2 Å². The topological polar surface area (TPSA) is 109 Å². The molecule has 1 aromatic rings. The second-order valence-electron chi connectivity index (χ2n) is 7.28. The second kappa shape index (κ2) is 10.1. The third-order valence-corrected chi connectivity index (χ3v) is 5.31. The molecule has 4 N–H and O–H groups in total. The highest BCUT2D eigenvalue weighted by atomic mass is 16.5. The molecule has 0 radical (unpaired) electrons. The molecule has 3 amide bonds. The van der Waals surface area contributed by atoms with E-state index in [0.717, 1.165) is 13.1 Å². The molecule has 8 nitrogen and oxygen atoms in total. The summed E-state index contributed by atoms with van der Waals surface area (Å²) in [5.41, 5.74) is -0.111. The predicted octanol–water partition coefficient (Wildman–Crippen LogP) is 0.357. The Bertz CT molecular complexity index is 772. The Kier molecular flexibility index (Phi) is 7.24. The van der Waals surface area contributed by atoms with E-state index in [2.05, 4.69) is 21.3 Å². The van der Waals surface area contributed by atoms with Crippen LogP contribution in [-0.4, -0.2) is 57.1 Å². The van der Waals surface area contributed by atoms with Crippen LogP contribution < -0.4 is 26.0 Å². The predicted molar refractivity (Wildman–Crippen MR) is 109 cm³/mol. The maximum atomic E-state index is 12.9. The number of para-hydroxylation sites is 1. The van der Waals surface area contributed by atoms with Crippen molar-refractivity contribution in [1.82, 2.24) is 21.3 Å². The summed E-state index contributed by atoms with van der Waals surface area (Å²) in [6.07, 6.45) is 5.17. The maximum Gasteiger partial charge on any atom is 0.255 e. The Morgan fingerprint density at radius 2 is 1.62 bits per heavy atom. The molecular weight excluding hydrogens is 372 g/mol. The standard InChI is InChI=1S/C21H28N4O4/c26-18-6-3-7-21(8-10-22-11-9-21)20(28)25-13-12-24-19(27)16-4-1-2-5-17(16)29-15-14-23-18/h1-6,22H,7-15H2,(H,23,26)(H,24,27)(H,25,28)/b6-3+. The minimum absolute atomic E-state index is 0.0358. The van der Waals surface area contributed by atoms with Gasteiger partial charge in [-0.15, -0.1) is 0 Å². The Balaban J connectivity index is 1.73. The molecule has 29 heavy (non-hydrogen) atoms. The smallest absolute Gasteiger partial charge is 0.255 e. The summed E-state index contributed by atoms with van der Waals surface area (Å²) in [6, 6.07) is 6.95. The number of allylic oxidation sites excluding steroid dienone is 1. The van der Waals surface area contributed by atoms with E-state index in [1.54, 1.807) is 30.3 Å². The zero-order chi connectivity index (χ0) is 20.5. The Labute approximate surface area is 170 Å². The van der Waals surface area contributed by atoms with E-state index < -0.39 is 5.41 Å². The third kappa shape index (κ3) is 5.57. The van der Waals surface area contributed by atoms with Gasteiger partial charge >= 0.3 is 0 Å². The number of benzene rings is 1. The Morgan fingerprint density at radius 3 is 2.45 bits per heavy atom. The van der Waals surface area contributed by atoms with Gasteiger partial charge in [0.1, 0.15) is 12.4 Å². The molecule has 0 atom stereocenters. The number of nitrogens with one attached hydrogen (secondary N) is 4. The van der Waals surface area contributed by atoms with Gasteiger partial charge in [0.25, 0.3) is 5.91 Å². The van der Waals surface area contributed by atoms with Crippen LogP contribution in [0, 0.1) is 5.41 Å². The van der Waals surface area contributed by atoms with Crippen LogP contribution in [0.1, 0.15) is 29.6 Å². The van der Waals surface area contributed by atoms with E-state index in [4.69, 9.17) is 4.74 Å². The zero-order valence-electron chi connectivity index (χ0n) is 16.5. The molecule has 2 aliphatic rings. The third-order valence-electron chi connectivity index (χ3n) is 5.31. The lowest BCUT2D eigenvalue weighted by Crippen LogP contribution is -2.48. The van der Waals surface area contributed by atoms with Crippen molar-refractivity contribution in [1.29, 1.82) is 0 Å². The average Bonchev–Trinajstić information content (AvgIpc) is 2.74. The Hall–Kier alpha value is -2.87. The molecule has 3 rings (SSSR count). The van der Waals surface area contributed by atoms with Gasteiger partial charge in [0, 0.05) is 13.1 Å². The van der Waals surface area contributed by atoms with E-state index in [0.29, 0.717) is 50.2 Å². The van der Waals surface area contributed by atoms with E-state index >= 15 is 0 Å². The number of rotatable bonds is 0. The fourth-order valence-electron chi connectivity index (χ4n) is 3.63. The highest BCUT2D eigenvalue weighted by molar-refractivity contribution is 5.97. The van der Waals surface area contributed by atoms with Gasteiger partial charge < -0.3 is 26.0 Å². The SMILES string of the molecule is O=C1/C=C/CC2(CCNCC2)C(=O)NCCNC(=O)c2ccccc2OCCN1. The van der Waals surface area contributed by atoms with E-state index in [-0.39, 0.29) is 24.3 Å². The molecule has 2 heterocycles. The molecular formula is C21H28N4O4. The fourth-order valence-corrected chi connectivity index (χ4v) is 3.63. The summed E-state index contributed by atoms with van der Waals surface area (Å²) in [5, 5.41) is 11.8. The summed E-state index contributed by atoms with van der Waals surface area (Å²) in [7, 11) is 0. The molecule has 0 bridgehead atoms. The largest absolute Gasteiger partial charge is 0.491 e. The molecule has 0 unspecified atom stereocenters. The van der Waals surface area contributed by atoms with Crippen LogP contribution in [0.4, 0.5) is 0 Å². The first kappa shape index (κ1) is 20.9. The lowest BCUT2D eigenvalue weighted by molar-refractivity contribution is -0.132. The van der Waals surface area contributed by atoms with Crippen molar-refractivity contribution >= 4 is 17.7 Å². The molecule has 0 saturated carbocycles. The molecule has 0 aromatic heterocycles. The number of ether oxygens (including phenoxy) is 1. The van der Waals surface area contributed by atoms with Crippen molar-refractivity contribution in [3.8, 4) is 5.75 Å².